The highest BCUT2D eigenvalue weighted by molar-refractivity contribution is 6.07. The Morgan fingerprint density at radius 2 is 1.88 bits per heavy atom. The Hall–Kier alpha value is -3.72. The molecular formula is C20H16N6. The lowest BCUT2D eigenvalue weighted by Gasteiger charge is -2.10. The molecule has 0 aliphatic heterocycles. The predicted octanol–water partition coefficient (Wildman–Crippen LogP) is 2.96. The molecule has 6 nitrogen and oxygen atoms in total. The molecular weight excluding hydrogens is 324 g/mol. The van der Waals surface area contributed by atoms with Crippen molar-refractivity contribution in [1.82, 2.24) is 24.5 Å². The zero-order chi connectivity index (χ0) is 18.3. The first-order valence-electron chi connectivity index (χ1n) is 8.06. The van der Waals surface area contributed by atoms with E-state index in [2.05, 4.69) is 25.9 Å². The summed E-state index contributed by atoms with van der Waals surface area (Å²) in [5.74, 6) is 3.28. The number of benzene rings is 1. The molecule has 0 bridgehead atoms. The molecule has 0 atom stereocenters. The summed E-state index contributed by atoms with van der Waals surface area (Å²) in [5, 5.41) is 0.816. The number of fused-ring (bicyclic) bond motifs is 1. The molecule has 0 unspecified atom stereocenters. The Labute approximate surface area is 150 Å². The normalized spacial score (nSPS) is 10.8. The van der Waals surface area contributed by atoms with Gasteiger partial charge in [0.15, 0.2) is 0 Å². The van der Waals surface area contributed by atoms with E-state index in [9.17, 15) is 0 Å². The van der Waals surface area contributed by atoms with E-state index in [-0.39, 0.29) is 0 Å². The molecule has 0 aliphatic carbocycles. The third-order valence-electron chi connectivity index (χ3n) is 4.42. The maximum Gasteiger partial charge on any atom is 0.204 e. The Kier molecular flexibility index (Phi) is 3.63. The number of rotatable bonds is 2. The lowest BCUT2D eigenvalue weighted by atomic mass is 9.99. The molecule has 0 amide bonds. The summed E-state index contributed by atoms with van der Waals surface area (Å²) in [7, 11) is 1.95. The molecule has 4 aromatic rings. The van der Waals surface area contributed by atoms with Gasteiger partial charge >= 0.3 is 0 Å². The van der Waals surface area contributed by atoms with Gasteiger partial charge in [-0.2, -0.15) is 0 Å². The van der Waals surface area contributed by atoms with E-state index >= 15 is 0 Å². The van der Waals surface area contributed by atoms with Crippen molar-refractivity contribution in [3.05, 3.63) is 54.4 Å². The molecule has 0 fully saturated rings. The van der Waals surface area contributed by atoms with Crippen LogP contribution in [0.3, 0.4) is 0 Å². The Morgan fingerprint density at radius 3 is 2.58 bits per heavy atom. The maximum absolute atomic E-state index is 6.22. The quantitative estimate of drug-likeness (QED) is 0.567. The first-order valence-corrected chi connectivity index (χ1v) is 8.06. The van der Waals surface area contributed by atoms with Crippen molar-refractivity contribution in [2.75, 3.05) is 5.73 Å². The molecule has 6 heteroatoms. The Morgan fingerprint density at radius 1 is 1.12 bits per heavy atom. The average Bonchev–Trinajstić information content (AvgIpc) is 2.96. The molecule has 4 rings (SSSR count). The van der Waals surface area contributed by atoms with E-state index < -0.39 is 0 Å². The minimum absolute atomic E-state index is 0.366. The van der Waals surface area contributed by atoms with Gasteiger partial charge in [0.25, 0.3) is 0 Å². The number of anilines is 1. The third-order valence-corrected chi connectivity index (χ3v) is 4.42. The average molecular weight is 340 g/mol. The number of aromatic nitrogens is 5. The van der Waals surface area contributed by atoms with Crippen LogP contribution >= 0.6 is 0 Å². The van der Waals surface area contributed by atoms with Gasteiger partial charge in [-0.15, -0.1) is 6.42 Å². The van der Waals surface area contributed by atoms with Crippen molar-refractivity contribution in [2.45, 2.75) is 6.92 Å². The summed E-state index contributed by atoms with van der Waals surface area (Å²) in [6.07, 6.45) is 8.65. The van der Waals surface area contributed by atoms with Gasteiger partial charge in [-0.05, 0) is 18.4 Å². The minimum Gasteiger partial charge on any atom is -0.383 e. The molecule has 0 saturated heterocycles. The summed E-state index contributed by atoms with van der Waals surface area (Å²) in [6, 6.07) is 10.0. The monoisotopic (exact) mass is 340 g/mol. The van der Waals surface area contributed by atoms with Crippen LogP contribution in [0.4, 0.5) is 5.82 Å². The van der Waals surface area contributed by atoms with Crippen molar-refractivity contribution in [3.63, 3.8) is 0 Å². The summed E-state index contributed by atoms with van der Waals surface area (Å²) in [5.41, 5.74) is 11.6. The summed E-state index contributed by atoms with van der Waals surface area (Å²) in [6.45, 7) is 1.92. The summed E-state index contributed by atoms with van der Waals surface area (Å²) >= 11 is 0. The van der Waals surface area contributed by atoms with Crippen LogP contribution in [0.25, 0.3) is 33.4 Å². The summed E-state index contributed by atoms with van der Waals surface area (Å²) < 4.78 is 2.00. The third kappa shape index (κ3) is 2.30. The molecule has 3 aromatic heterocycles. The van der Waals surface area contributed by atoms with Gasteiger partial charge in [0, 0.05) is 24.4 Å². The molecule has 2 N–H and O–H groups in total. The summed E-state index contributed by atoms with van der Waals surface area (Å²) in [4.78, 5) is 17.3. The lowest BCUT2D eigenvalue weighted by molar-refractivity contribution is 0.944. The van der Waals surface area contributed by atoms with Crippen LogP contribution in [0.5, 0.6) is 0 Å². The van der Waals surface area contributed by atoms with Crippen LogP contribution in [0.1, 0.15) is 11.5 Å². The second-order valence-electron chi connectivity index (χ2n) is 5.94. The number of aryl methyl sites for hydroxylation is 2. The lowest BCUT2D eigenvalue weighted by Crippen LogP contribution is -2.00. The molecule has 0 radical (unpaired) electrons. The minimum atomic E-state index is 0.366. The van der Waals surface area contributed by atoms with Gasteiger partial charge in [0.1, 0.15) is 17.8 Å². The van der Waals surface area contributed by atoms with Crippen LogP contribution in [0.2, 0.25) is 0 Å². The fraction of sp³-hybridized carbons (Fsp3) is 0.100. The fourth-order valence-corrected chi connectivity index (χ4v) is 3.25. The molecule has 0 spiro atoms. The van der Waals surface area contributed by atoms with Crippen molar-refractivity contribution in [3.8, 4) is 34.7 Å². The highest BCUT2D eigenvalue weighted by Crippen LogP contribution is 2.41. The van der Waals surface area contributed by atoms with Crippen LogP contribution in [0, 0.1) is 19.3 Å². The van der Waals surface area contributed by atoms with Crippen LogP contribution in [-0.4, -0.2) is 24.5 Å². The highest BCUT2D eigenvalue weighted by atomic mass is 15.1. The van der Waals surface area contributed by atoms with Crippen LogP contribution in [-0.2, 0) is 7.05 Å². The number of hydrogen-bond acceptors (Lipinski definition) is 5. The number of nitrogen functional groups attached to an aromatic ring is 1. The Balaban J connectivity index is 2.15. The van der Waals surface area contributed by atoms with Gasteiger partial charge < -0.3 is 10.3 Å². The van der Waals surface area contributed by atoms with E-state index in [0.29, 0.717) is 11.6 Å². The first-order chi connectivity index (χ1) is 12.6. The predicted molar refractivity (Wildman–Crippen MR) is 102 cm³/mol. The second kappa shape index (κ2) is 5.97. The van der Waals surface area contributed by atoms with Crippen LogP contribution in [0.15, 0.2) is 42.9 Å². The highest BCUT2D eigenvalue weighted by Gasteiger charge is 2.23. The van der Waals surface area contributed by atoms with Gasteiger partial charge in [0.2, 0.25) is 5.82 Å². The van der Waals surface area contributed by atoms with E-state index in [4.69, 9.17) is 12.2 Å². The van der Waals surface area contributed by atoms with E-state index in [1.54, 1.807) is 6.20 Å². The SMILES string of the molecule is C#Cc1ncc(-c2c(-c3ccccc3)c3c(N)ncnc3n2C)c(C)n1. The topological polar surface area (TPSA) is 82.5 Å². The van der Waals surface area contributed by atoms with Gasteiger partial charge in [-0.25, -0.2) is 19.9 Å². The van der Waals surface area contributed by atoms with Gasteiger partial charge in [-0.1, -0.05) is 30.3 Å². The van der Waals surface area contributed by atoms with E-state index in [1.807, 2.05) is 48.9 Å². The number of terminal acetylenes is 1. The largest absolute Gasteiger partial charge is 0.383 e. The number of nitrogens with zero attached hydrogens (tertiary/aromatic N) is 5. The zero-order valence-corrected chi connectivity index (χ0v) is 14.4. The molecule has 1 aromatic carbocycles. The molecule has 0 aliphatic rings. The van der Waals surface area contributed by atoms with Gasteiger partial charge in [-0.3, -0.25) is 0 Å². The van der Waals surface area contributed by atoms with Crippen molar-refractivity contribution in [2.24, 2.45) is 7.05 Å². The fourth-order valence-electron chi connectivity index (χ4n) is 3.25. The number of nitrogens with two attached hydrogens (primary N) is 1. The second-order valence-corrected chi connectivity index (χ2v) is 5.94. The van der Waals surface area contributed by atoms with Gasteiger partial charge in [0.05, 0.1) is 16.8 Å². The van der Waals surface area contributed by atoms with E-state index in [1.165, 1.54) is 6.33 Å². The molecule has 126 valence electrons. The molecule has 3 heterocycles. The van der Waals surface area contributed by atoms with E-state index in [0.717, 1.165) is 39.1 Å². The van der Waals surface area contributed by atoms with Crippen molar-refractivity contribution in [1.29, 1.82) is 0 Å². The standard InChI is InChI=1S/C20H16N6/c1-4-15-22-10-14(12(2)25-15)18-16(13-8-6-5-7-9-13)17-19(21)23-11-24-20(17)26(18)3/h1,5-11H,2-3H3,(H2,21,23,24). The molecule has 26 heavy (non-hydrogen) atoms. The molecule has 0 saturated carbocycles. The van der Waals surface area contributed by atoms with Crippen molar-refractivity contribution >= 4 is 16.9 Å². The van der Waals surface area contributed by atoms with Crippen LogP contribution < -0.4 is 5.73 Å². The number of hydrogen-bond donors (Lipinski definition) is 1. The smallest absolute Gasteiger partial charge is 0.204 e. The first kappa shape index (κ1) is 15.8. The Bertz CT molecular complexity index is 1170. The maximum atomic E-state index is 6.22. The van der Waals surface area contributed by atoms with Crippen molar-refractivity contribution < 1.29 is 0 Å². The zero-order valence-electron chi connectivity index (χ0n) is 14.4.